The van der Waals surface area contributed by atoms with Gasteiger partial charge in [0.1, 0.15) is 11.8 Å². The highest BCUT2D eigenvalue weighted by Crippen LogP contribution is 2.15. The summed E-state index contributed by atoms with van der Waals surface area (Å²) in [6, 6.07) is -0.571. The molecule has 5 heteroatoms. The predicted molar refractivity (Wildman–Crippen MR) is 79.7 cm³/mol. The molecule has 1 saturated heterocycles. The van der Waals surface area contributed by atoms with Crippen LogP contribution in [0.2, 0.25) is 0 Å². The van der Waals surface area contributed by atoms with Gasteiger partial charge in [-0.1, -0.05) is 39.5 Å². The molecule has 1 N–H and O–H groups in total. The van der Waals surface area contributed by atoms with E-state index in [4.69, 9.17) is 4.74 Å². The summed E-state index contributed by atoms with van der Waals surface area (Å²) in [5.74, 6) is -0.308. The number of hydrogen-bond acceptors (Lipinski definition) is 4. The summed E-state index contributed by atoms with van der Waals surface area (Å²) < 4.78 is 4.76. The summed E-state index contributed by atoms with van der Waals surface area (Å²) in [7, 11) is 0. The summed E-state index contributed by atoms with van der Waals surface area (Å²) in [4.78, 5) is 34.7. The predicted octanol–water partition coefficient (Wildman–Crippen LogP) is 2.37. The van der Waals surface area contributed by atoms with Crippen molar-refractivity contribution in [1.82, 2.24) is 5.32 Å². The summed E-state index contributed by atoms with van der Waals surface area (Å²) in [6.45, 7) is 4.66. The molecule has 0 unspecified atom stereocenters. The molecule has 0 aromatic rings. The van der Waals surface area contributed by atoms with Gasteiger partial charge in [0.2, 0.25) is 5.91 Å². The summed E-state index contributed by atoms with van der Waals surface area (Å²) in [5, 5.41) is 2.55. The molecular formula is C16H27NO4. The molecule has 0 spiro atoms. The van der Waals surface area contributed by atoms with Crippen molar-refractivity contribution in [2.24, 2.45) is 5.92 Å². The van der Waals surface area contributed by atoms with Crippen molar-refractivity contribution in [3.63, 3.8) is 0 Å². The lowest BCUT2D eigenvalue weighted by molar-refractivity contribution is -0.142. The van der Waals surface area contributed by atoms with Crippen LogP contribution in [0.4, 0.5) is 0 Å². The number of unbranched alkanes of at least 4 members (excludes halogenated alkanes) is 2. The van der Waals surface area contributed by atoms with E-state index in [0.717, 1.165) is 12.8 Å². The van der Waals surface area contributed by atoms with Gasteiger partial charge in [0.25, 0.3) is 0 Å². The fraction of sp³-hybridized carbons (Fsp3) is 0.812. The minimum absolute atomic E-state index is 0.0544. The van der Waals surface area contributed by atoms with E-state index in [-0.39, 0.29) is 18.1 Å². The van der Waals surface area contributed by atoms with Gasteiger partial charge < -0.3 is 10.1 Å². The molecule has 0 aromatic heterocycles. The third-order valence-electron chi connectivity index (χ3n) is 3.84. The number of ketones is 1. The van der Waals surface area contributed by atoms with Gasteiger partial charge >= 0.3 is 5.97 Å². The third kappa shape index (κ3) is 7.25. The first-order chi connectivity index (χ1) is 10.0. The lowest BCUT2D eigenvalue weighted by atomic mass is 9.96. The number of esters is 1. The molecule has 0 aliphatic carbocycles. The van der Waals surface area contributed by atoms with E-state index in [9.17, 15) is 14.4 Å². The Morgan fingerprint density at radius 2 is 2.10 bits per heavy atom. The van der Waals surface area contributed by atoms with Gasteiger partial charge in [-0.25, -0.2) is 4.79 Å². The van der Waals surface area contributed by atoms with Crippen molar-refractivity contribution >= 4 is 17.7 Å². The van der Waals surface area contributed by atoms with Gasteiger partial charge in [0, 0.05) is 12.8 Å². The van der Waals surface area contributed by atoms with Gasteiger partial charge in [-0.3, -0.25) is 9.59 Å². The number of carbonyl (C=O) groups is 3. The molecular weight excluding hydrogens is 270 g/mol. The molecule has 0 saturated carbocycles. The quantitative estimate of drug-likeness (QED) is 0.382. The SMILES string of the molecule is CCCCC[C@H](C)CCC(=O)CC(=O)N[C@H]1CCOC1=O. The maximum Gasteiger partial charge on any atom is 0.328 e. The highest BCUT2D eigenvalue weighted by Gasteiger charge is 2.28. The van der Waals surface area contributed by atoms with Gasteiger partial charge in [0.05, 0.1) is 13.0 Å². The molecule has 0 radical (unpaired) electrons. The molecule has 5 nitrogen and oxygen atoms in total. The topological polar surface area (TPSA) is 72.5 Å². The summed E-state index contributed by atoms with van der Waals surface area (Å²) >= 11 is 0. The van der Waals surface area contributed by atoms with E-state index in [2.05, 4.69) is 19.2 Å². The molecule has 1 aliphatic heterocycles. The van der Waals surface area contributed by atoms with Crippen molar-refractivity contribution in [3.05, 3.63) is 0 Å². The molecule has 120 valence electrons. The molecule has 2 atom stereocenters. The van der Waals surface area contributed by atoms with E-state index in [1.807, 2.05) is 0 Å². The van der Waals surface area contributed by atoms with Crippen molar-refractivity contribution in [1.29, 1.82) is 0 Å². The van der Waals surface area contributed by atoms with Crippen LogP contribution < -0.4 is 5.32 Å². The number of cyclic esters (lactones) is 1. The maximum absolute atomic E-state index is 11.8. The monoisotopic (exact) mass is 297 g/mol. The maximum atomic E-state index is 11.8. The van der Waals surface area contributed by atoms with Crippen LogP contribution in [0.1, 0.15) is 65.2 Å². The van der Waals surface area contributed by atoms with E-state index in [1.165, 1.54) is 19.3 Å². The zero-order valence-corrected chi connectivity index (χ0v) is 13.2. The number of ether oxygens (including phenoxy) is 1. The fourth-order valence-corrected chi connectivity index (χ4v) is 2.43. The Morgan fingerprint density at radius 1 is 1.33 bits per heavy atom. The van der Waals surface area contributed by atoms with Gasteiger partial charge in [0.15, 0.2) is 0 Å². The van der Waals surface area contributed by atoms with E-state index in [0.29, 0.717) is 25.4 Å². The van der Waals surface area contributed by atoms with Crippen LogP contribution in [0.5, 0.6) is 0 Å². The van der Waals surface area contributed by atoms with Crippen LogP contribution in [0.15, 0.2) is 0 Å². The standard InChI is InChI=1S/C16H27NO4/c1-3-4-5-6-12(2)7-8-13(18)11-15(19)17-14-9-10-21-16(14)20/h12,14H,3-11H2,1-2H3,(H,17,19)/t12-,14-/m0/s1. The Kier molecular flexibility index (Phi) is 8.01. The zero-order chi connectivity index (χ0) is 15.7. The number of rotatable bonds is 10. The Labute approximate surface area is 126 Å². The Morgan fingerprint density at radius 3 is 2.71 bits per heavy atom. The Bertz CT molecular complexity index is 367. The van der Waals surface area contributed by atoms with Crippen molar-refractivity contribution in [2.75, 3.05) is 6.61 Å². The van der Waals surface area contributed by atoms with Crippen LogP contribution in [0.25, 0.3) is 0 Å². The van der Waals surface area contributed by atoms with Crippen LogP contribution in [0.3, 0.4) is 0 Å². The van der Waals surface area contributed by atoms with E-state index in [1.54, 1.807) is 0 Å². The lowest BCUT2D eigenvalue weighted by Crippen LogP contribution is -2.38. The second kappa shape index (κ2) is 9.53. The van der Waals surface area contributed by atoms with Gasteiger partial charge in [-0.05, 0) is 12.3 Å². The van der Waals surface area contributed by atoms with Crippen LogP contribution in [-0.2, 0) is 19.1 Å². The van der Waals surface area contributed by atoms with Crippen LogP contribution in [0, 0.1) is 5.92 Å². The molecule has 0 bridgehead atoms. The Hall–Kier alpha value is -1.39. The smallest absolute Gasteiger partial charge is 0.328 e. The number of amides is 1. The number of nitrogens with one attached hydrogen (secondary N) is 1. The van der Waals surface area contributed by atoms with E-state index >= 15 is 0 Å². The molecule has 0 aromatic carbocycles. The highest BCUT2D eigenvalue weighted by atomic mass is 16.5. The minimum Gasteiger partial charge on any atom is -0.464 e. The second-order valence-electron chi connectivity index (χ2n) is 5.93. The first-order valence-corrected chi connectivity index (χ1v) is 8.00. The molecule has 21 heavy (non-hydrogen) atoms. The van der Waals surface area contributed by atoms with Crippen molar-refractivity contribution in [3.8, 4) is 0 Å². The lowest BCUT2D eigenvalue weighted by Gasteiger charge is -2.11. The van der Waals surface area contributed by atoms with Crippen LogP contribution in [-0.4, -0.2) is 30.3 Å². The minimum atomic E-state index is -0.571. The average Bonchev–Trinajstić information content (AvgIpc) is 2.82. The first-order valence-electron chi connectivity index (χ1n) is 8.00. The fourth-order valence-electron chi connectivity index (χ4n) is 2.43. The number of carbonyl (C=O) groups excluding carboxylic acids is 3. The summed E-state index contributed by atoms with van der Waals surface area (Å²) in [5.41, 5.74) is 0. The molecule has 1 fully saturated rings. The number of Topliss-reactive ketones (excluding diaryl/α,β-unsaturated/α-hetero) is 1. The third-order valence-corrected chi connectivity index (χ3v) is 3.84. The van der Waals surface area contributed by atoms with E-state index < -0.39 is 12.0 Å². The van der Waals surface area contributed by atoms with Crippen LogP contribution >= 0.6 is 0 Å². The van der Waals surface area contributed by atoms with Crippen molar-refractivity contribution < 1.29 is 19.1 Å². The normalized spacial score (nSPS) is 19.1. The number of hydrogen-bond donors (Lipinski definition) is 1. The molecule has 1 aliphatic rings. The molecule has 1 heterocycles. The zero-order valence-electron chi connectivity index (χ0n) is 13.2. The summed E-state index contributed by atoms with van der Waals surface area (Å²) in [6.07, 6.45) is 6.42. The molecule has 1 rings (SSSR count). The Balaban J connectivity index is 2.14. The van der Waals surface area contributed by atoms with Crippen molar-refractivity contribution in [2.45, 2.75) is 71.3 Å². The first kappa shape index (κ1) is 17.7. The second-order valence-corrected chi connectivity index (χ2v) is 5.93. The van der Waals surface area contributed by atoms with Gasteiger partial charge in [-0.2, -0.15) is 0 Å². The van der Waals surface area contributed by atoms with Gasteiger partial charge in [-0.15, -0.1) is 0 Å². The largest absolute Gasteiger partial charge is 0.464 e. The molecule has 1 amide bonds. The average molecular weight is 297 g/mol. The highest BCUT2D eigenvalue weighted by molar-refractivity contribution is 5.99.